The molecule has 0 bridgehead atoms. The number of rotatable bonds is 4. The first-order valence-corrected chi connectivity index (χ1v) is 9.06. The van der Waals surface area contributed by atoms with E-state index in [4.69, 9.17) is 4.74 Å². The molecule has 2 N–H and O–H groups in total. The van der Waals surface area contributed by atoms with Crippen LogP contribution >= 0.6 is 11.8 Å². The van der Waals surface area contributed by atoms with Gasteiger partial charge in [-0.05, 0) is 44.2 Å². The van der Waals surface area contributed by atoms with Gasteiger partial charge in [-0.1, -0.05) is 17.7 Å². The number of carbonyl (C=O) groups excluding carboxylic acids is 3. The molecular weight excluding hydrogens is 352 g/mol. The smallest absolute Gasteiger partial charge is 0.338 e. The first kappa shape index (κ1) is 18.0. The van der Waals surface area contributed by atoms with Gasteiger partial charge in [-0.15, -0.1) is 11.8 Å². The summed E-state index contributed by atoms with van der Waals surface area (Å²) in [5, 5.41) is 5.43. The van der Waals surface area contributed by atoms with E-state index < -0.39 is 18.0 Å². The lowest BCUT2D eigenvalue weighted by atomic mass is 10.2. The second-order valence-electron chi connectivity index (χ2n) is 5.95. The molecule has 1 unspecified atom stereocenters. The highest BCUT2D eigenvalue weighted by Gasteiger charge is 2.21. The van der Waals surface area contributed by atoms with E-state index in [0.717, 1.165) is 10.5 Å². The van der Waals surface area contributed by atoms with Crippen molar-refractivity contribution in [1.82, 2.24) is 0 Å². The molecule has 0 radical (unpaired) electrons. The molecule has 0 aromatic heterocycles. The Hall–Kier alpha value is -2.80. The average Bonchev–Trinajstić information content (AvgIpc) is 2.62. The number of ether oxygens (including phenoxy) is 1. The Bertz CT molecular complexity index is 864. The van der Waals surface area contributed by atoms with Gasteiger partial charge in [-0.25, -0.2) is 4.79 Å². The molecule has 1 aliphatic rings. The van der Waals surface area contributed by atoms with Gasteiger partial charge in [0.25, 0.3) is 5.91 Å². The molecule has 1 heterocycles. The summed E-state index contributed by atoms with van der Waals surface area (Å²) in [4.78, 5) is 36.9. The van der Waals surface area contributed by atoms with Crippen LogP contribution in [0.4, 0.5) is 11.4 Å². The van der Waals surface area contributed by atoms with Crippen LogP contribution in [0.25, 0.3) is 0 Å². The van der Waals surface area contributed by atoms with Crippen LogP contribution in [-0.2, 0) is 14.3 Å². The SMILES string of the molecule is Cc1ccc(NC(=O)C(C)OC(=O)c2ccc3c(c2)NC(=O)CS3)cc1. The fraction of sp³-hybridized carbons (Fsp3) is 0.211. The van der Waals surface area contributed by atoms with Crippen LogP contribution < -0.4 is 10.6 Å². The number of anilines is 2. The van der Waals surface area contributed by atoms with Gasteiger partial charge in [-0.3, -0.25) is 9.59 Å². The van der Waals surface area contributed by atoms with Crippen LogP contribution in [0.15, 0.2) is 47.4 Å². The molecule has 6 nitrogen and oxygen atoms in total. The van der Waals surface area contributed by atoms with Gasteiger partial charge in [0.2, 0.25) is 5.91 Å². The highest BCUT2D eigenvalue weighted by atomic mass is 32.2. The van der Waals surface area contributed by atoms with E-state index in [-0.39, 0.29) is 11.5 Å². The maximum absolute atomic E-state index is 12.3. The molecule has 1 aliphatic heterocycles. The maximum atomic E-state index is 12.3. The normalized spacial score (nSPS) is 14.0. The molecule has 26 heavy (non-hydrogen) atoms. The largest absolute Gasteiger partial charge is 0.449 e. The van der Waals surface area contributed by atoms with Gasteiger partial charge >= 0.3 is 5.97 Å². The van der Waals surface area contributed by atoms with Crippen molar-refractivity contribution < 1.29 is 19.1 Å². The molecule has 0 saturated heterocycles. The molecule has 7 heteroatoms. The summed E-state index contributed by atoms with van der Waals surface area (Å²) in [5.41, 5.74) is 2.58. The van der Waals surface area contributed by atoms with Crippen LogP contribution in [-0.4, -0.2) is 29.6 Å². The third kappa shape index (κ3) is 4.23. The summed E-state index contributed by atoms with van der Waals surface area (Å²) in [6, 6.07) is 12.3. The van der Waals surface area contributed by atoms with E-state index in [1.54, 1.807) is 30.3 Å². The fourth-order valence-corrected chi connectivity index (χ4v) is 3.16. The first-order chi connectivity index (χ1) is 12.4. The number of benzene rings is 2. The minimum absolute atomic E-state index is 0.112. The van der Waals surface area contributed by atoms with E-state index in [2.05, 4.69) is 10.6 Å². The van der Waals surface area contributed by atoms with Crippen molar-refractivity contribution in [3.05, 3.63) is 53.6 Å². The van der Waals surface area contributed by atoms with Crippen LogP contribution in [0, 0.1) is 6.92 Å². The minimum atomic E-state index is -0.955. The monoisotopic (exact) mass is 370 g/mol. The van der Waals surface area contributed by atoms with Crippen LogP contribution in [0.3, 0.4) is 0 Å². The Balaban J connectivity index is 1.63. The van der Waals surface area contributed by atoms with Crippen LogP contribution in [0.5, 0.6) is 0 Å². The zero-order valence-electron chi connectivity index (χ0n) is 14.4. The Morgan fingerprint density at radius 1 is 1.19 bits per heavy atom. The third-order valence-electron chi connectivity index (χ3n) is 3.82. The van der Waals surface area contributed by atoms with Gasteiger partial charge in [0.15, 0.2) is 6.10 Å². The molecule has 2 amide bonds. The quantitative estimate of drug-likeness (QED) is 0.807. The summed E-state index contributed by atoms with van der Waals surface area (Å²) in [7, 11) is 0. The predicted molar refractivity (Wildman–Crippen MR) is 100 cm³/mol. The molecule has 0 spiro atoms. The van der Waals surface area contributed by atoms with E-state index in [1.165, 1.54) is 18.7 Å². The first-order valence-electron chi connectivity index (χ1n) is 8.07. The Labute approximate surface area is 155 Å². The highest BCUT2D eigenvalue weighted by Crippen LogP contribution is 2.32. The van der Waals surface area contributed by atoms with E-state index in [9.17, 15) is 14.4 Å². The fourth-order valence-electron chi connectivity index (χ4n) is 2.37. The van der Waals surface area contributed by atoms with Crippen LogP contribution in [0.1, 0.15) is 22.8 Å². The van der Waals surface area contributed by atoms with E-state index >= 15 is 0 Å². The van der Waals surface area contributed by atoms with Gasteiger partial charge in [0, 0.05) is 10.6 Å². The van der Waals surface area contributed by atoms with Crippen molar-refractivity contribution in [2.75, 3.05) is 16.4 Å². The second-order valence-corrected chi connectivity index (χ2v) is 6.97. The zero-order valence-corrected chi connectivity index (χ0v) is 15.2. The molecule has 0 aliphatic carbocycles. The highest BCUT2D eigenvalue weighted by molar-refractivity contribution is 8.00. The predicted octanol–water partition coefficient (Wildman–Crippen LogP) is 3.22. The van der Waals surface area contributed by atoms with Gasteiger partial charge in [0.1, 0.15) is 0 Å². The minimum Gasteiger partial charge on any atom is -0.449 e. The lowest BCUT2D eigenvalue weighted by molar-refractivity contribution is -0.123. The standard InChI is InChI=1S/C19H18N2O4S/c1-11-3-6-14(7-4-11)20-18(23)12(2)25-19(24)13-5-8-16-15(9-13)21-17(22)10-26-16/h3-9,12H,10H2,1-2H3,(H,20,23)(H,21,22). The number of aryl methyl sites for hydroxylation is 1. The van der Waals surface area contributed by atoms with Crippen molar-refractivity contribution in [2.45, 2.75) is 24.8 Å². The van der Waals surface area contributed by atoms with Crippen molar-refractivity contribution in [3.63, 3.8) is 0 Å². The molecule has 2 aromatic rings. The van der Waals surface area contributed by atoms with Gasteiger partial charge in [0.05, 0.1) is 17.0 Å². The number of thioether (sulfide) groups is 1. The molecule has 134 valence electrons. The molecule has 3 rings (SSSR count). The number of amides is 2. The third-order valence-corrected chi connectivity index (χ3v) is 4.89. The van der Waals surface area contributed by atoms with Crippen molar-refractivity contribution >= 4 is 40.9 Å². The summed E-state index contributed by atoms with van der Waals surface area (Å²) < 4.78 is 5.24. The van der Waals surface area contributed by atoms with Crippen molar-refractivity contribution in [3.8, 4) is 0 Å². The molecule has 0 fully saturated rings. The Morgan fingerprint density at radius 2 is 1.92 bits per heavy atom. The molecule has 0 saturated carbocycles. The van der Waals surface area contributed by atoms with E-state index in [1.807, 2.05) is 19.1 Å². The Morgan fingerprint density at radius 3 is 2.65 bits per heavy atom. The number of esters is 1. The molecular formula is C19H18N2O4S. The second kappa shape index (κ2) is 7.61. The summed E-state index contributed by atoms with van der Waals surface area (Å²) >= 11 is 1.41. The topological polar surface area (TPSA) is 84.5 Å². The Kier molecular flexibility index (Phi) is 5.27. The zero-order chi connectivity index (χ0) is 18.7. The lowest BCUT2D eigenvalue weighted by Gasteiger charge is -2.17. The molecule has 2 aromatic carbocycles. The maximum Gasteiger partial charge on any atom is 0.338 e. The van der Waals surface area contributed by atoms with Gasteiger partial charge in [-0.2, -0.15) is 0 Å². The summed E-state index contributed by atoms with van der Waals surface area (Å²) in [6.07, 6.45) is -0.955. The number of fused-ring (bicyclic) bond motifs is 1. The van der Waals surface area contributed by atoms with E-state index in [0.29, 0.717) is 17.1 Å². The number of hydrogen-bond donors (Lipinski definition) is 2. The van der Waals surface area contributed by atoms with Crippen LogP contribution in [0.2, 0.25) is 0 Å². The average molecular weight is 370 g/mol. The van der Waals surface area contributed by atoms with Crippen molar-refractivity contribution in [1.29, 1.82) is 0 Å². The van der Waals surface area contributed by atoms with Crippen molar-refractivity contribution in [2.24, 2.45) is 0 Å². The lowest BCUT2D eigenvalue weighted by Crippen LogP contribution is -2.30. The van der Waals surface area contributed by atoms with Gasteiger partial charge < -0.3 is 15.4 Å². The summed E-state index contributed by atoms with van der Waals surface area (Å²) in [6.45, 7) is 3.47. The number of hydrogen-bond acceptors (Lipinski definition) is 5. The molecule has 1 atom stereocenters. The number of carbonyl (C=O) groups is 3. The summed E-state index contributed by atoms with van der Waals surface area (Å²) in [5.74, 6) is -0.792. The number of nitrogens with one attached hydrogen (secondary N) is 2.